The zero-order valence-electron chi connectivity index (χ0n) is 22.5. The third-order valence-corrected chi connectivity index (χ3v) is 8.75. The van der Waals surface area contributed by atoms with Crippen LogP contribution in [0.3, 0.4) is 0 Å². The number of pyridine rings is 1. The van der Waals surface area contributed by atoms with Crippen LogP contribution in [0.1, 0.15) is 62.5 Å². The number of rotatable bonds is 4. The standard InChI is InChI=1S/C31H24F5N5O2/c32-23-5-1-3-21(25(23)33)19-10-24(27-38-14-20(41(27)15-19)13-31(34,35)36)39-28(42)16-6-7-17-11-30(12-18(17)9-16)22-4-2-8-37-26(22)40-29(30)43/h1-9,14,19,24H,10-13,15H2,(H,39,42)(H,37,40,43)/t19-,24+,30-/m1/s1. The van der Waals surface area contributed by atoms with Crippen LogP contribution in [-0.2, 0) is 36.0 Å². The molecule has 0 saturated heterocycles. The number of aromatic nitrogens is 3. The average Bonchev–Trinajstić information content (AvgIpc) is 3.63. The smallest absolute Gasteiger partial charge is 0.342 e. The summed E-state index contributed by atoms with van der Waals surface area (Å²) in [5, 5.41) is 5.72. The molecular formula is C31H24F5N5O2. The van der Waals surface area contributed by atoms with E-state index in [0.29, 0.717) is 24.2 Å². The first-order valence-corrected chi connectivity index (χ1v) is 13.8. The number of carbonyl (C=O) groups is 2. The summed E-state index contributed by atoms with van der Waals surface area (Å²) in [6.07, 6.45) is -2.11. The van der Waals surface area contributed by atoms with Gasteiger partial charge in [-0.1, -0.05) is 24.3 Å². The fourth-order valence-electron chi connectivity index (χ4n) is 6.78. The SMILES string of the molecule is O=C(N[C@H]1C[C@@H](c2cccc(F)c2F)Cn2c(CC(F)(F)F)cnc21)c1ccc2c(c1)C[C@@]1(C2)C(=O)Nc2ncccc21. The first-order chi connectivity index (χ1) is 20.5. The molecule has 43 heavy (non-hydrogen) atoms. The van der Waals surface area contributed by atoms with Gasteiger partial charge >= 0.3 is 6.18 Å². The molecule has 0 saturated carbocycles. The van der Waals surface area contributed by atoms with Gasteiger partial charge in [-0.2, -0.15) is 13.2 Å². The predicted molar refractivity (Wildman–Crippen MR) is 144 cm³/mol. The summed E-state index contributed by atoms with van der Waals surface area (Å²) < 4.78 is 70.2. The van der Waals surface area contributed by atoms with Crippen molar-refractivity contribution in [2.24, 2.45) is 0 Å². The Morgan fingerprint density at radius 3 is 2.70 bits per heavy atom. The second kappa shape index (κ2) is 9.72. The highest BCUT2D eigenvalue weighted by Gasteiger charge is 2.51. The Kier molecular flexibility index (Phi) is 6.15. The van der Waals surface area contributed by atoms with Gasteiger partial charge in [0.15, 0.2) is 11.6 Å². The molecule has 220 valence electrons. The van der Waals surface area contributed by atoms with Gasteiger partial charge < -0.3 is 15.2 Å². The number of hydrogen-bond donors (Lipinski definition) is 2. The van der Waals surface area contributed by atoms with Gasteiger partial charge in [0.1, 0.15) is 11.6 Å². The van der Waals surface area contributed by atoms with E-state index in [4.69, 9.17) is 0 Å². The van der Waals surface area contributed by atoms with Gasteiger partial charge in [-0.25, -0.2) is 18.7 Å². The summed E-state index contributed by atoms with van der Waals surface area (Å²) in [4.78, 5) is 35.1. The van der Waals surface area contributed by atoms with E-state index in [0.717, 1.165) is 29.0 Å². The van der Waals surface area contributed by atoms with Gasteiger partial charge in [-0.15, -0.1) is 0 Å². The van der Waals surface area contributed by atoms with Crippen molar-refractivity contribution in [2.45, 2.75) is 55.8 Å². The van der Waals surface area contributed by atoms with Gasteiger partial charge in [-0.3, -0.25) is 9.59 Å². The lowest BCUT2D eigenvalue weighted by molar-refractivity contribution is -0.128. The molecular weight excluding hydrogens is 569 g/mol. The molecule has 3 atom stereocenters. The van der Waals surface area contributed by atoms with Crippen molar-refractivity contribution in [3.63, 3.8) is 0 Å². The summed E-state index contributed by atoms with van der Waals surface area (Å²) in [5.41, 5.74) is 1.94. The minimum Gasteiger partial charge on any atom is -0.342 e. The zero-order chi connectivity index (χ0) is 30.1. The second-order valence-corrected chi connectivity index (χ2v) is 11.4. The van der Waals surface area contributed by atoms with Crippen LogP contribution in [0, 0.1) is 11.6 Å². The molecule has 4 aromatic rings. The summed E-state index contributed by atoms with van der Waals surface area (Å²) in [6.45, 7) is -0.0488. The van der Waals surface area contributed by atoms with Crippen molar-refractivity contribution in [3.05, 3.63) is 112 Å². The van der Waals surface area contributed by atoms with Crippen LogP contribution in [0.25, 0.3) is 0 Å². The van der Waals surface area contributed by atoms with Crippen molar-refractivity contribution in [2.75, 3.05) is 5.32 Å². The lowest BCUT2D eigenvalue weighted by Gasteiger charge is -2.32. The molecule has 7 nitrogen and oxygen atoms in total. The Bertz CT molecular complexity index is 1800. The molecule has 4 heterocycles. The van der Waals surface area contributed by atoms with E-state index in [1.807, 2.05) is 6.07 Å². The van der Waals surface area contributed by atoms with Crippen LogP contribution in [-0.4, -0.2) is 32.5 Å². The van der Waals surface area contributed by atoms with E-state index in [1.165, 1.54) is 16.7 Å². The molecule has 3 aliphatic rings. The highest BCUT2D eigenvalue weighted by molar-refractivity contribution is 6.06. The van der Waals surface area contributed by atoms with E-state index in [2.05, 4.69) is 20.6 Å². The Balaban J connectivity index is 1.18. The first kappa shape index (κ1) is 27.2. The number of hydrogen-bond acceptors (Lipinski definition) is 4. The molecule has 1 aliphatic carbocycles. The number of fused-ring (bicyclic) bond motifs is 4. The quantitative estimate of drug-likeness (QED) is 0.314. The summed E-state index contributed by atoms with van der Waals surface area (Å²) in [6, 6.07) is 11.7. The van der Waals surface area contributed by atoms with Crippen LogP contribution >= 0.6 is 0 Å². The largest absolute Gasteiger partial charge is 0.394 e. The molecule has 2 N–H and O–H groups in total. The van der Waals surface area contributed by atoms with Crippen LogP contribution < -0.4 is 10.6 Å². The number of benzene rings is 2. The molecule has 2 amide bonds. The molecule has 7 rings (SSSR count). The van der Waals surface area contributed by atoms with Gasteiger partial charge in [0.05, 0.1) is 17.9 Å². The number of nitrogens with zero attached hydrogens (tertiary/aromatic N) is 3. The molecule has 0 bridgehead atoms. The third kappa shape index (κ3) is 4.56. The van der Waals surface area contributed by atoms with E-state index < -0.39 is 47.5 Å². The third-order valence-electron chi connectivity index (χ3n) is 8.75. The maximum absolute atomic E-state index is 14.8. The van der Waals surface area contributed by atoms with E-state index in [9.17, 15) is 31.5 Å². The van der Waals surface area contributed by atoms with Crippen molar-refractivity contribution in [3.8, 4) is 0 Å². The topological polar surface area (TPSA) is 88.9 Å². The van der Waals surface area contributed by atoms with Crippen LogP contribution in [0.4, 0.5) is 27.8 Å². The highest BCUT2D eigenvalue weighted by atomic mass is 19.4. The average molecular weight is 594 g/mol. The maximum atomic E-state index is 14.8. The van der Waals surface area contributed by atoms with Gasteiger partial charge in [0.2, 0.25) is 5.91 Å². The molecule has 1 spiro atoms. The number of alkyl halides is 3. The number of carbonyl (C=O) groups excluding carboxylic acids is 2. The maximum Gasteiger partial charge on any atom is 0.394 e. The molecule has 2 aliphatic heterocycles. The Morgan fingerprint density at radius 1 is 1.07 bits per heavy atom. The Labute approximate surface area is 242 Å². The summed E-state index contributed by atoms with van der Waals surface area (Å²) in [5.74, 6) is -2.76. The molecule has 12 heteroatoms. The van der Waals surface area contributed by atoms with Crippen molar-refractivity contribution >= 4 is 17.6 Å². The molecule has 0 fully saturated rings. The molecule has 0 unspecified atom stereocenters. The molecule has 2 aromatic heterocycles. The number of nitrogens with one attached hydrogen (secondary N) is 2. The Hall–Kier alpha value is -4.61. The number of amides is 2. The lowest BCUT2D eigenvalue weighted by atomic mass is 9.79. The lowest BCUT2D eigenvalue weighted by Crippen LogP contribution is -2.36. The molecule has 2 aromatic carbocycles. The normalized spacial score (nSPS) is 22.2. The van der Waals surface area contributed by atoms with Gasteiger partial charge in [0.25, 0.3) is 5.91 Å². The van der Waals surface area contributed by atoms with Crippen LogP contribution in [0.5, 0.6) is 0 Å². The molecule has 0 radical (unpaired) electrons. The zero-order valence-corrected chi connectivity index (χ0v) is 22.5. The van der Waals surface area contributed by atoms with Gasteiger partial charge in [-0.05, 0) is 60.2 Å². The summed E-state index contributed by atoms with van der Waals surface area (Å²) >= 11 is 0. The van der Waals surface area contributed by atoms with E-state index in [-0.39, 0.29) is 36.0 Å². The van der Waals surface area contributed by atoms with Crippen LogP contribution in [0.2, 0.25) is 0 Å². The fraction of sp³-hybridized carbons (Fsp3) is 0.290. The number of anilines is 1. The van der Waals surface area contributed by atoms with Crippen molar-refractivity contribution < 1.29 is 31.5 Å². The van der Waals surface area contributed by atoms with E-state index >= 15 is 0 Å². The Morgan fingerprint density at radius 2 is 1.88 bits per heavy atom. The monoisotopic (exact) mass is 593 g/mol. The number of halogens is 5. The second-order valence-electron chi connectivity index (χ2n) is 11.4. The van der Waals surface area contributed by atoms with E-state index in [1.54, 1.807) is 30.5 Å². The van der Waals surface area contributed by atoms with Gasteiger partial charge in [0, 0.05) is 41.7 Å². The minimum atomic E-state index is -4.51. The highest BCUT2D eigenvalue weighted by Crippen LogP contribution is 2.47. The van der Waals surface area contributed by atoms with Crippen molar-refractivity contribution in [1.29, 1.82) is 0 Å². The predicted octanol–water partition coefficient (Wildman–Crippen LogP) is 5.31. The van der Waals surface area contributed by atoms with Crippen LogP contribution in [0.15, 0.2) is 60.9 Å². The van der Waals surface area contributed by atoms with Crippen molar-refractivity contribution in [1.82, 2.24) is 19.9 Å². The summed E-state index contributed by atoms with van der Waals surface area (Å²) in [7, 11) is 0. The number of imidazole rings is 1. The minimum absolute atomic E-state index is 0.0176. The fourth-order valence-corrected chi connectivity index (χ4v) is 6.78. The first-order valence-electron chi connectivity index (χ1n) is 13.8.